The van der Waals surface area contributed by atoms with Crippen molar-refractivity contribution in [1.82, 2.24) is 0 Å². The van der Waals surface area contributed by atoms with Gasteiger partial charge in [-0.15, -0.1) is 0 Å². The smallest absolute Gasteiger partial charge is 0.271 e. The Morgan fingerprint density at radius 3 is 2.31 bits per heavy atom. The molecule has 0 unspecified atom stereocenters. The van der Waals surface area contributed by atoms with Gasteiger partial charge in [-0.2, -0.15) is 0 Å². The predicted molar refractivity (Wildman–Crippen MR) is 153 cm³/mol. The van der Waals surface area contributed by atoms with E-state index in [0.29, 0.717) is 21.7 Å². The third-order valence-corrected chi connectivity index (χ3v) is 7.20. The second kappa shape index (κ2) is 11.2. The topological polar surface area (TPSA) is 41.9 Å². The number of amidine groups is 1. The Balaban J connectivity index is 1.39. The summed E-state index contributed by atoms with van der Waals surface area (Å²) < 4.78 is 6.76. The molecule has 4 nitrogen and oxygen atoms in total. The van der Waals surface area contributed by atoms with Gasteiger partial charge in [-0.3, -0.25) is 9.69 Å². The lowest BCUT2D eigenvalue weighted by Crippen LogP contribution is -2.28. The Kier molecular flexibility index (Phi) is 7.56. The first-order chi connectivity index (χ1) is 17.6. The van der Waals surface area contributed by atoms with Gasteiger partial charge in [0.05, 0.1) is 20.8 Å². The van der Waals surface area contributed by atoms with Gasteiger partial charge in [0.1, 0.15) is 12.4 Å². The number of rotatable bonds is 6. The van der Waals surface area contributed by atoms with Crippen LogP contribution >= 0.6 is 39.3 Å². The normalized spacial score (nSPS) is 15.6. The summed E-state index contributed by atoms with van der Waals surface area (Å²) in [6, 6.07) is 32.5. The van der Waals surface area contributed by atoms with E-state index in [1.165, 1.54) is 11.8 Å². The van der Waals surface area contributed by atoms with Crippen LogP contribution in [0.25, 0.3) is 6.08 Å². The molecule has 1 heterocycles. The number of aliphatic imine (C=N–C) groups is 1. The summed E-state index contributed by atoms with van der Waals surface area (Å²) in [6.07, 6.45) is 1.88. The maximum Gasteiger partial charge on any atom is 0.271 e. The van der Waals surface area contributed by atoms with Crippen LogP contribution in [0.5, 0.6) is 5.75 Å². The molecule has 0 saturated carbocycles. The molecule has 1 aliphatic heterocycles. The fraction of sp³-hybridized carbons (Fsp3) is 0.0345. The molecule has 0 aliphatic carbocycles. The quantitative estimate of drug-likeness (QED) is 0.217. The largest absolute Gasteiger partial charge is 0.488 e. The van der Waals surface area contributed by atoms with Gasteiger partial charge in [0.15, 0.2) is 5.17 Å². The molecule has 5 rings (SSSR count). The fourth-order valence-electron chi connectivity index (χ4n) is 3.58. The minimum atomic E-state index is -0.111. The van der Waals surface area contributed by atoms with Gasteiger partial charge in [0.2, 0.25) is 0 Å². The number of carbonyl (C=O) groups excluding carboxylic acids is 1. The molecule has 178 valence electrons. The number of ether oxygens (including phenoxy) is 1. The van der Waals surface area contributed by atoms with Gasteiger partial charge in [0, 0.05) is 5.02 Å². The van der Waals surface area contributed by atoms with E-state index in [1.54, 1.807) is 4.90 Å². The molecule has 7 heteroatoms. The molecule has 4 aromatic rings. The summed E-state index contributed by atoms with van der Waals surface area (Å²) in [6.45, 7) is 0.426. The highest BCUT2D eigenvalue weighted by molar-refractivity contribution is 9.10. The highest BCUT2D eigenvalue weighted by Crippen LogP contribution is 2.38. The summed E-state index contributed by atoms with van der Waals surface area (Å²) in [5.74, 6) is 0.606. The Morgan fingerprint density at radius 1 is 0.917 bits per heavy atom. The van der Waals surface area contributed by atoms with Crippen LogP contribution in [-0.2, 0) is 11.4 Å². The summed E-state index contributed by atoms with van der Waals surface area (Å²) in [5.41, 5.74) is 3.47. The van der Waals surface area contributed by atoms with Crippen molar-refractivity contribution in [3.8, 4) is 5.75 Å². The molecule has 0 atom stereocenters. The Morgan fingerprint density at radius 2 is 1.61 bits per heavy atom. The van der Waals surface area contributed by atoms with Crippen molar-refractivity contribution in [1.29, 1.82) is 0 Å². The number of carbonyl (C=O) groups is 1. The molecule has 4 aromatic carbocycles. The van der Waals surface area contributed by atoms with Gasteiger partial charge in [-0.05, 0) is 93.4 Å². The first-order valence-electron chi connectivity index (χ1n) is 11.2. The third-order valence-electron chi connectivity index (χ3n) is 5.36. The van der Waals surface area contributed by atoms with Crippen LogP contribution in [-0.4, -0.2) is 11.1 Å². The van der Waals surface area contributed by atoms with Crippen LogP contribution in [0.1, 0.15) is 11.1 Å². The number of hydrogen-bond acceptors (Lipinski definition) is 4. The molecule has 0 radical (unpaired) electrons. The molecule has 0 spiro atoms. The van der Waals surface area contributed by atoms with Crippen LogP contribution in [0.2, 0.25) is 5.02 Å². The lowest BCUT2D eigenvalue weighted by molar-refractivity contribution is -0.113. The fourth-order valence-corrected chi connectivity index (χ4v) is 5.22. The van der Waals surface area contributed by atoms with Crippen molar-refractivity contribution in [3.63, 3.8) is 0 Å². The number of halogens is 2. The zero-order chi connectivity index (χ0) is 24.9. The maximum atomic E-state index is 13.5. The minimum absolute atomic E-state index is 0.111. The molecule has 0 bridgehead atoms. The molecule has 36 heavy (non-hydrogen) atoms. The van der Waals surface area contributed by atoms with Crippen molar-refractivity contribution < 1.29 is 9.53 Å². The minimum Gasteiger partial charge on any atom is -0.488 e. The molecule has 1 amide bonds. The Labute approximate surface area is 227 Å². The van der Waals surface area contributed by atoms with Crippen molar-refractivity contribution in [2.45, 2.75) is 6.61 Å². The Bertz CT molecular complexity index is 1440. The number of para-hydroxylation sites is 2. The number of anilines is 1. The molecule has 1 aliphatic rings. The van der Waals surface area contributed by atoms with Gasteiger partial charge in [0.25, 0.3) is 5.91 Å². The van der Waals surface area contributed by atoms with Gasteiger partial charge in [-0.25, -0.2) is 4.99 Å². The summed E-state index contributed by atoms with van der Waals surface area (Å²) in [5, 5.41) is 1.31. The second-order valence-corrected chi connectivity index (χ2v) is 10.2. The van der Waals surface area contributed by atoms with Crippen LogP contribution in [0.15, 0.2) is 117 Å². The average molecular weight is 576 g/mol. The number of benzene rings is 4. The molecule has 0 N–H and O–H groups in total. The van der Waals surface area contributed by atoms with E-state index < -0.39 is 0 Å². The molecular formula is C29H20BrClN2O2S. The SMILES string of the molecule is O=C1/C(=C\c2ccc(OCc3ccc(Cl)cc3)c(Br)c2)SC(=Nc2ccccc2)N1c1ccccc1. The van der Waals surface area contributed by atoms with Gasteiger partial charge in [-0.1, -0.05) is 66.2 Å². The van der Waals surface area contributed by atoms with Crippen LogP contribution in [0, 0.1) is 0 Å². The first kappa shape index (κ1) is 24.4. The van der Waals surface area contributed by atoms with Crippen molar-refractivity contribution >= 4 is 67.8 Å². The van der Waals surface area contributed by atoms with E-state index in [2.05, 4.69) is 15.9 Å². The van der Waals surface area contributed by atoms with E-state index in [9.17, 15) is 4.79 Å². The summed E-state index contributed by atoms with van der Waals surface area (Å²) in [7, 11) is 0. The molecular weight excluding hydrogens is 556 g/mol. The van der Waals surface area contributed by atoms with Crippen molar-refractivity contribution in [2.75, 3.05) is 4.90 Å². The predicted octanol–water partition coefficient (Wildman–Crippen LogP) is 8.49. The van der Waals surface area contributed by atoms with Crippen LogP contribution < -0.4 is 9.64 Å². The molecule has 1 saturated heterocycles. The number of nitrogens with zero attached hydrogens (tertiary/aromatic N) is 2. The first-order valence-corrected chi connectivity index (χ1v) is 13.2. The van der Waals surface area contributed by atoms with E-state index in [4.69, 9.17) is 21.3 Å². The van der Waals surface area contributed by atoms with Crippen LogP contribution in [0.4, 0.5) is 11.4 Å². The average Bonchev–Trinajstić information content (AvgIpc) is 3.19. The van der Waals surface area contributed by atoms with E-state index >= 15 is 0 Å². The van der Waals surface area contributed by atoms with Crippen molar-refractivity contribution in [2.24, 2.45) is 4.99 Å². The van der Waals surface area contributed by atoms with Gasteiger partial charge >= 0.3 is 0 Å². The summed E-state index contributed by atoms with van der Waals surface area (Å²) >= 11 is 10.9. The lowest BCUT2D eigenvalue weighted by atomic mass is 10.2. The number of hydrogen-bond donors (Lipinski definition) is 0. The van der Waals surface area contributed by atoms with Crippen molar-refractivity contribution in [3.05, 3.63) is 129 Å². The zero-order valence-corrected chi connectivity index (χ0v) is 22.1. The van der Waals surface area contributed by atoms with E-state index in [0.717, 1.165) is 32.7 Å². The number of thioether (sulfide) groups is 1. The Hall–Kier alpha value is -3.32. The van der Waals surface area contributed by atoms with E-state index in [-0.39, 0.29) is 5.91 Å². The van der Waals surface area contributed by atoms with Gasteiger partial charge < -0.3 is 4.74 Å². The third kappa shape index (κ3) is 5.73. The van der Waals surface area contributed by atoms with Crippen LogP contribution in [0.3, 0.4) is 0 Å². The standard InChI is InChI=1S/C29H20BrClN2O2S/c30-25-17-21(13-16-26(25)35-19-20-11-14-22(31)15-12-20)18-27-28(34)33(24-9-5-2-6-10-24)29(36-27)32-23-7-3-1-4-8-23/h1-18H,19H2/b27-18+,32-29?. The monoisotopic (exact) mass is 574 g/mol. The highest BCUT2D eigenvalue weighted by Gasteiger charge is 2.34. The summed E-state index contributed by atoms with van der Waals surface area (Å²) in [4.78, 5) is 20.5. The molecule has 1 fully saturated rings. The maximum absolute atomic E-state index is 13.5. The molecule has 0 aromatic heterocycles. The second-order valence-electron chi connectivity index (χ2n) is 7.92. The zero-order valence-electron chi connectivity index (χ0n) is 19.0. The van der Waals surface area contributed by atoms with E-state index in [1.807, 2.05) is 109 Å². The lowest BCUT2D eigenvalue weighted by Gasteiger charge is -2.15. The highest BCUT2D eigenvalue weighted by atomic mass is 79.9. The number of amides is 1.